The predicted octanol–water partition coefficient (Wildman–Crippen LogP) is 4.75. The van der Waals surface area contributed by atoms with Gasteiger partial charge in [-0.2, -0.15) is 10.5 Å². The van der Waals surface area contributed by atoms with Gasteiger partial charge in [-0.15, -0.1) is 0 Å². The van der Waals surface area contributed by atoms with Gasteiger partial charge in [-0.05, 0) is 68.3 Å². The largest absolute Gasteiger partial charge is 0.459 e. The molecule has 0 aromatic heterocycles. The summed E-state index contributed by atoms with van der Waals surface area (Å²) in [5.41, 5.74) is 2.98. The Labute approximate surface area is 291 Å². The average Bonchev–Trinajstić information content (AvgIpc) is 3.10. The molecule has 262 valence electrons. The number of hydrogen-bond acceptors (Lipinski definition) is 13. The zero-order valence-corrected chi connectivity index (χ0v) is 28.3. The average molecular weight is 685 g/mol. The van der Waals surface area contributed by atoms with E-state index in [9.17, 15) is 29.7 Å². The second kappa shape index (κ2) is 21.6. The van der Waals surface area contributed by atoms with Crippen LogP contribution in [-0.2, 0) is 42.9 Å². The molecule has 0 saturated carbocycles. The Hall–Kier alpha value is -6.18. The lowest BCUT2D eigenvalue weighted by Gasteiger charge is -2.16. The molecule has 2 aromatic rings. The second-order valence-corrected chi connectivity index (χ2v) is 10.7. The zero-order chi connectivity index (χ0) is 36.9. The molecule has 2 rings (SSSR count). The molecule has 0 bridgehead atoms. The van der Waals surface area contributed by atoms with Crippen LogP contribution in [0.2, 0.25) is 0 Å². The van der Waals surface area contributed by atoms with Crippen molar-refractivity contribution in [2.45, 2.75) is 26.8 Å². The topological polar surface area (TPSA) is 186 Å². The highest BCUT2D eigenvalue weighted by molar-refractivity contribution is 5.98. The minimum atomic E-state index is -0.821. The fourth-order valence-electron chi connectivity index (χ4n) is 3.77. The van der Waals surface area contributed by atoms with Crippen LogP contribution in [0.4, 0.5) is 11.4 Å². The van der Waals surface area contributed by atoms with Crippen molar-refractivity contribution in [1.29, 1.82) is 10.5 Å². The Bertz CT molecular complexity index is 1660. The summed E-state index contributed by atoms with van der Waals surface area (Å²) in [5.74, 6) is -2.82. The molecule has 2 N–H and O–H groups in total. The van der Waals surface area contributed by atoms with Crippen molar-refractivity contribution in [2.24, 2.45) is 0 Å². The monoisotopic (exact) mass is 684 g/mol. The summed E-state index contributed by atoms with van der Waals surface area (Å²) in [6.45, 7) is 12.6. The molecule has 0 saturated heterocycles. The minimum Gasteiger partial charge on any atom is -0.459 e. The summed E-state index contributed by atoms with van der Waals surface area (Å²) >= 11 is 0. The Morgan fingerprint density at radius 3 is 1.48 bits per heavy atom. The highest BCUT2D eigenvalue weighted by Gasteiger charge is 2.13. The number of rotatable bonds is 20. The molecular formula is C37H40N4O9. The van der Waals surface area contributed by atoms with Gasteiger partial charge in [0.15, 0.2) is 0 Å². The van der Waals surface area contributed by atoms with Gasteiger partial charge in [0, 0.05) is 35.1 Å². The van der Waals surface area contributed by atoms with Crippen molar-refractivity contribution in [2.75, 3.05) is 56.8 Å². The number of nitriles is 2. The lowest BCUT2D eigenvalue weighted by atomic mass is 10.1. The molecule has 0 fully saturated rings. The van der Waals surface area contributed by atoms with Crippen molar-refractivity contribution >= 4 is 47.4 Å². The number of benzene rings is 2. The van der Waals surface area contributed by atoms with Crippen molar-refractivity contribution < 1.29 is 42.9 Å². The van der Waals surface area contributed by atoms with Crippen molar-refractivity contribution in [3.8, 4) is 12.1 Å². The third-order valence-corrected chi connectivity index (χ3v) is 6.28. The molecule has 0 aliphatic rings. The van der Waals surface area contributed by atoms with Gasteiger partial charge in [0.2, 0.25) is 0 Å². The predicted molar refractivity (Wildman–Crippen MR) is 186 cm³/mol. The van der Waals surface area contributed by atoms with E-state index in [1.807, 2.05) is 31.2 Å². The van der Waals surface area contributed by atoms with Crippen LogP contribution in [-0.4, -0.2) is 76.1 Å². The van der Waals surface area contributed by atoms with E-state index >= 15 is 0 Å². The van der Waals surface area contributed by atoms with Crippen LogP contribution in [0.25, 0.3) is 12.2 Å². The number of nitrogens with one attached hydrogen (secondary N) is 2. The minimum absolute atomic E-state index is 0.0153. The second-order valence-electron chi connectivity index (χ2n) is 10.7. The van der Waals surface area contributed by atoms with Crippen LogP contribution < -0.4 is 10.6 Å². The van der Waals surface area contributed by atoms with Crippen LogP contribution in [0.1, 0.15) is 31.9 Å². The molecule has 0 amide bonds. The molecule has 0 aliphatic heterocycles. The fourth-order valence-corrected chi connectivity index (χ4v) is 3.77. The number of nitrogens with zero attached hydrogens (tertiary/aromatic N) is 2. The van der Waals surface area contributed by atoms with Crippen LogP contribution in [0, 0.1) is 22.7 Å². The third-order valence-electron chi connectivity index (χ3n) is 6.28. The van der Waals surface area contributed by atoms with E-state index in [0.29, 0.717) is 30.9 Å². The molecule has 1 unspecified atom stereocenters. The Kier molecular flexibility index (Phi) is 17.3. The number of carbonyl (C=O) groups is 4. The van der Waals surface area contributed by atoms with Crippen LogP contribution in [0.15, 0.2) is 84.0 Å². The van der Waals surface area contributed by atoms with Crippen LogP contribution in [0.5, 0.6) is 0 Å². The van der Waals surface area contributed by atoms with Gasteiger partial charge in [0.05, 0.1) is 13.2 Å². The fraction of sp³-hybridized carbons (Fsp3) is 0.297. The number of carbonyl (C=O) groups excluding carboxylic acids is 4. The summed E-state index contributed by atoms with van der Waals surface area (Å²) in [4.78, 5) is 47.1. The number of anilines is 2. The van der Waals surface area contributed by atoms with E-state index in [4.69, 9.17) is 23.7 Å². The zero-order valence-electron chi connectivity index (χ0n) is 28.3. The number of esters is 4. The highest BCUT2D eigenvalue weighted by atomic mass is 16.6. The first-order chi connectivity index (χ1) is 23.9. The molecule has 13 heteroatoms. The Balaban J connectivity index is 1.72. The van der Waals surface area contributed by atoms with Gasteiger partial charge in [-0.25, -0.2) is 19.2 Å². The molecule has 0 spiro atoms. The quantitative estimate of drug-likeness (QED) is 0.0640. The molecule has 0 aliphatic carbocycles. The Morgan fingerprint density at radius 1 is 0.680 bits per heavy atom. The molecule has 1 atom stereocenters. The van der Waals surface area contributed by atoms with E-state index in [1.54, 1.807) is 36.4 Å². The van der Waals surface area contributed by atoms with E-state index in [-0.39, 0.29) is 54.8 Å². The lowest BCUT2D eigenvalue weighted by Crippen LogP contribution is -2.23. The molecule has 0 radical (unpaired) electrons. The maximum atomic E-state index is 12.2. The third kappa shape index (κ3) is 15.2. The van der Waals surface area contributed by atoms with Crippen LogP contribution in [0.3, 0.4) is 0 Å². The van der Waals surface area contributed by atoms with Gasteiger partial charge < -0.3 is 34.3 Å². The van der Waals surface area contributed by atoms with Gasteiger partial charge in [0.25, 0.3) is 0 Å². The van der Waals surface area contributed by atoms with Gasteiger partial charge in [-0.3, -0.25) is 0 Å². The molecular weight excluding hydrogens is 644 g/mol. The van der Waals surface area contributed by atoms with E-state index in [0.717, 1.165) is 11.4 Å². The van der Waals surface area contributed by atoms with E-state index in [1.165, 1.54) is 26.0 Å². The maximum Gasteiger partial charge on any atom is 0.349 e. The number of hydrogen-bond donors (Lipinski definition) is 2. The summed E-state index contributed by atoms with van der Waals surface area (Å²) in [7, 11) is 0. The molecule has 0 heterocycles. The maximum absolute atomic E-state index is 12.2. The summed E-state index contributed by atoms with van der Waals surface area (Å²) in [6.07, 6.45) is 2.82. The molecule has 2 aromatic carbocycles. The Morgan fingerprint density at radius 2 is 1.08 bits per heavy atom. The normalized spacial score (nSPS) is 11.5. The van der Waals surface area contributed by atoms with Crippen molar-refractivity contribution in [3.63, 3.8) is 0 Å². The molecule has 13 nitrogen and oxygen atoms in total. The first-order valence-corrected chi connectivity index (χ1v) is 15.4. The first kappa shape index (κ1) is 40.0. The summed E-state index contributed by atoms with van der Waals surface area (Å²) in [6, 6.07) is 17.9. The summed E-state index contributed by atoms with van der Waals surface area (Å²) in [5, 5.41) is 25.3. The first-order valence-electron chi connectivity index (χ1n) is 15.4. The lowest BCUT2D eigenvalue weighted by molar-refractivity contribution is -0.147. The summed E-state index contributed by atoms with van der Waals surface area (Å²) < 4.78 is 25.5. The highest BCUT2D eigenvalue weighted by Crippen LogP contribution is 2.15. The SMILES string of the molecule is C=C(C)C(=O)OCCOC(=O)/C(C#N)=C/c1ccc(NCCOCC(C)Nc2ccc(/C=C(\C#N)C(=O)OCCOC(=O)C(=C)C)cc2)cc1. The van der Waals surface area contributed by atoms with E-state index in [2.05, 4.69) is 23.8 Å². The van der Waals surface area contributed by atoms with Crippen LogP contribution >= 0.6 is 0 Å². The van der Waals surface area contributed by atoms with Crippen molar-refractivity contribution in [3.05, 3.63) is 95.1 Å². The standard InChI is InChI=1S/C37H40N4O9/c1-25(2)34(42)47-16-18-49-36(44)30(22-38)20-28-6-10-32(11-7-28)40-14-15-46-24-27(5)41-33-12-8-29(9-13-33)21-31(23-39)37(45)50-19-17-48-35(43)26(3)4/h6-13,20-21,27,40-41H,1,3,14-19,24H2,2,4-5H3/b30-20+,31-21+. The van der Waals surface area contributed by atoms with Crippen molar-refractivity contribution in [1.82, 2.24) is 0 Å². The van der Waals surface area contributed by atoms with Gasteiger partial charge in [0.1, 0.15) is 49.7 Å². The molecule has 50 heavy (non-hydrogen) atoms. The van der Waals surface area contributed by atoms with Gasteiger partial charge in [-0.1, -0.05) is 37.4 Å². The smallest absolute Gasteiger partial charge is 0.349 e. The van der Waals surface area contributed by atoms with E-state index < -0.39 is 23.9 Å². The number of ether oxygens (including phenoxy) is 5. The van der Waals surface area contributed by atoms with Gasteiger partial charge >= 0.3 is 23.9 Å².